The average Bonchev–Trinajstić information content (AvgIpc) is 2.94. The van der Waals surface area contributed by atoms with Gasteiger partial charge in [0.15, 0.2) is 5.03 Å². The van der Waals surface area contributed by atoms with E-state index < -0.39 is 10.0 Å². The van der Waals surface area contributed by atoms with Gasteiger partial charge in [0.2, 0.25) is 0 Å². The molecule has 0 aliphatic carbocycles. The summed E-state index contributed by atoms with van der Waals surface area (Å²) in [5.41, 5.74) is 0.144. The fraction of sp³-hybridized carbons (Fsp3) is 0.615. The second kappa shape index (κ2) is 4.68. The summed E-state index contributed by atoms with van der Waals surface area (Å²) < 4.78 is 28.0. The molecule has 0 unspecified atom stereocenters. The highest BCUT2D eigenvalue weighted by atomic mass is 32.2. The van der Waals surface area contributed by atoms with Crippen LogP contribution in [0.15, 0.2) is 30.2 Å². The highest BCUT2D eigenvalue weighted by Gasteiger charge is 2.51. The summed E-state index contributed by atoms with van der Waals surface area (Å²) in [6, 6.07) is 0. The molecular formula is C13H20N4O2S. The third kappa shape index (κ3) is 2.19. The zero-order chi connectivity index (χ0) is 14.4. The van der Waals surface area contributed by atoms with Crippen LogP contribution in [-0.4, -0.2) is 59.9 Å². The number of likely N-dealkylation sites (tertiary alicyclic amines) is 1. The number of aromatic nitrogens is 2. The number of sulfonamides is 1. The van der Waals surface area contributed by atoms with Gasteiger partial charge in [0.25, 0.3) is 10.0 Å². The van der Waals surface area contributed by atoms with Crippen LogP contribution >= 0.6 is 0 Å². The van der Waals surface area contributed by atoms with Gasteiger partial charge < -0.3 is 4.57 Å². The molecule has 1 aromatic rings. The fourth-order valence-electron chi connectivity index (χ4n) is 3.15. The summed E-state index contributed by atoms with van der Waals surface area (Å²) >= 11 is 0. The van der Waals surface area contributed by atoms with E-state index >= 15 is 0 Å². The van der Waals surface area contributed by atoms with Crippen LogP contribution in [-0.2, 0) is 17.1 Å². The maximum Gasteiger partial charge on any atom is 0.262 e. The van der Waals surface area contributed by atoms with E-state index in [1.165, 1.54) is 6.33 Å². The number of nitrogens with zero attached hydrogens (tertiary/aromatic N) is 4. The van der Waals surface area contributed by atoms with Gasteiger partial charge in [0, 0.05) is 44.8 Å². The molecule has 2 aliphatic heterocycles. The molecule has 3 heterocycles. The molecule has 0 amide bonds. The van der Waals surface area contributed by atoms with Crippen molar-refractivity contribution in [2.24, 2.45) is 12.5 Å². The summed E-state index contributed by atoms with van der Waals surface area (Å²) in [4.78, 5) is 6.29. The predicted molar refractivity (Wildman–Crippen MR) is 75.7 cm³/mol. The lowest BCUT2D eigenvalue weighted by atomic mass is 9.81. The lowest BCUT2D eigenvalue weighted by Gasteiger charge is -2.46. The molecule has 2 saturated heterocycles. The van der Waals surface area contributed by atoms with Crippen molar-refractivity contribution >= 4 is 10.0 Å². The number of imidazole rings is 1. The molecule has 7 heteroatoms. The molecule has 2 fully saturated rings. The van der Waals surface area contributed by atoms with Gasteiger partial charge in [-0.25, -0.2) is 13.4 Å². The van der Waals surface area contributed by atoms with Crippen LogP contribution in [0.5, 0.6) is 0 Å². The van der Waals surface area contributed by atoms with Gasteiger partial charge in [0.05, 0.1) is 6.33 Å². The number of aryl methyl sites for hydroxylation is 1. The molecule has 0 aromatic carbocycles. The molecule has 0 atom stereocenters. The van der Waals surface area contributed by atoms with E-state index in [-0.39, 0.29) is 10.4 Å². The van der Waals surface area contributed by atoms with Crippen molar-refractivity contribution < 1.29 is 8.42 Å². The summed E-state index contributed by atoms with van der Waals surface area (Å²) in [5, 5.41) is 0.149. The Hall–Kier alpha value is -1.18. The van der Waals surface area contributed by atoms with Crippen LogP contribution < -0.4 is 0 Å². The van der Waals surface area contributed by atoms with E-state index in [0.717, 1.165) is 26.1 Å². The Kier molecular flexibility index (Phi) is 3.23. The summed E-state index contributed by atoms with van der Waals surface area (Å²) in [6.45, 7) is 7.86. The highest BCUT2D eigenvalue weighted by molar-refractivity contribution is 7.89. The molecule has 1 spiro atoms. The summed E-state index contributed by atoms with van der Waals surface area (Å²) in [6.07, 6.45) is 6.04. The molecule has 2 aliphatic rings. The van der Waals surface area contributed by atoms with Gasteiger partial charge in [-0.1, -0.05) is 6.08 Å². The minimum absolute atomic E-state index is 0.144. The monoisotopic (exact) mass is 296 g/mol. The number of hydrogen-bond acceptors (Lipinski definition) is 4. The Labute approximate surface area is 119 Å². The van der Waals surface area contributed by atoms with Gasteiger partial charge in [-0.3, -0.25) is 4.90 Å². The Morgan fingerprint density at radius 3 is 2.80 bits per heavy atom. The second-order valence-corrected chi connectivity index (χ2v) is 7.81. The minimum atomic E-state index is -3.41. The lowest BCUT2D eigenvalue weighted by molar-refractivity contribution is 0.0793. The SMILES string of the molecule is C=CCN1CCC2(C1)CN(S(=O)(=O)c1cn(C)cn1)C2. The molecule has 20 heavy (non-hydrogen) atoms. The van der Waals surface area contributed by atoms with E-state index in [4.69, 9.17) is 0 Å². The third-order valence-corrected chi connectivity index (χ3v) is 5.89. The van der Waals surface area contributed by atoms with Crippen molar-refractivity contribution in [3.05, 3.63) is 25.2 Å². The van der Waals surface area contributed by atoms with E-state index in [1.807, 2.05) is 6.08 Å². The van der Waals surface area contributed by atoms with E-state index in [1.54, 1.807) is 22.1 Å². The molecular weight excluding hydrogens is 276 g/mol. The van der Waals surface area contributed by atoms with E-state index in [9.17, 15) is 8.42 Å². The van der Waals surface area contributed by atoms with Crippen molar-refractivity contribution in [1.29, 1.82) is 0 Å². The second-order valence-electron chi connectivity index (χ2n) is 5.92. The predicted octanol–water partition coefficient (Wildman–Crippen LogP) is 0.302. The average molecular weight is 296 g/mol. The van der Waals surface area contributed by atoms with Crippen LogP contribution in [0.4, 0.5) is 0 Å². The highest BCUT2D eigenvalue weighted by Crippen LogP contribution is 2.41. The molecule has 0 radical (unpaired) electrons. The van der Waals surface area contributed by atoms with Crippen molar-refractivity contribution in [3.63, 3.8) is 0 Å². The largest absolute Gasteiger partial charge is 0.339 e. The topological polar surface area (TPSA) is 58.4 Å². The first kappa shape index (κ1) is 13.8. The maximum atomic E-state index is 12.4. The van der Waals surface area contributed by atoms with Gasteiger partial charge >= 0.3 is 0 Å². The van der Waals surface area contributed by atoms with Crippen molar-refractivity contribution in [3.8, 4) is 0 Å². The molecule has 0 bridgehead atoms. The molecule has 1 aromatic heterocycles. The first-order valence-electron chi connectivity index (χ1n) is 6.77. The van der Waals surface area contributed by atoms with Crippen molar-refractivity contribution in [2.45, 2.75) is 11.4 Å². The molecule has 6 nitrogen and oxygen atoms in total. The minimum Gasteiger partial charge on any atom is -0.339 e. The van der Waals surface area contributed by atoms with Crippen LogP contribution in [0.2, 0.25) is 0 Å². The van der Waals surface area contributed by atoms with Crippen LogP contribution in [0.25, 0.3) is 0 Å². The van der Waals surface area contributed by atoms with Crippen LogP contribution in [0.3, 0.4) is 0 Å². The summed E-state index contributed by atoms with van der Waals surface area (Å²) in [7, 11) is -1.64. The normalized spacial score (nSPS) is 23.1. The first-order valence-corrected chi connectivity index (χ1v) is 8.21. The zero-order valence-electron chi connectivity index (χ0n) is 11.7. The Morgan fingerprint density at radius 2 is 2.20 bits per heavy atom. The standard InChI is InChI=1S/C13H20N4O2S/c1-3-5-16-6-4-13(8-16)9-17(10-13)20(18,19)12-7-15(2)11-14-12/h3,7,11H,1,4-6,8-10H2,2H3. The first-order chi connectivity index (χ1) is 9.45. The Balaban J connectivity index is 1.67. The molecule has 3 rings (SSSR count). The van der Waals surface area contributed by atoms with Gasteiger partial charge in [-0.15, -0.1) is 6.58 Å². The third-order valence-electron chi connectivity index (χ3n) is 4.21. The summed E-state index contributed by atoms with van der Waals surface area (Å²) in [5.74, 6) is 0. The maximum absolute atomic E-state index is 12.4. The van der Waals surface area contributed by atoms with Gasteiger partial charge in [-0.05, 0) is 13.0 Å². The van der Waals surface area contributed by atoms with Crippen LogP contribution in [0.1, 0.15) is 6.42 Å². The number of rotatable bonds is 4. The van der Waals surface area contributed by atoms with Crippen molar-refractivity contribution in [1.82, 2.24) is 18.8 Å². The number of hydrogen-bond donors (Lipinski definition) is 0. The van der Waals surface area contributed by atoms with Gasteiger partial charge in [-0.2, -0.15) is 4.31 Å². The Morgan fingerprint density at radius 1 is 1.45 bits per heavy atom. The lowest BCUT2D eigenvalue weighted by Crippen LogP contribution is -2.59. The van der Waals surface area contributed by atoms with Gasteiger partial charge in [0.1, 0.15) is 0 Å². The molecule has 0 saturated carbocycles. The van der Waals surface area contributed by atoms with E-state index in [2.05, 4.69) is 16.5 Å². The fourth-order valence-corrected chi connectivity index (χ4v) is 4.78. The quantitative estimate of drug-likeness (QED) is 0.750. The van der Waals surface area contributed by atoms with Crippen LogP contribution in [0, 0.1) is 5.41 Å². The van der Waals surface area contributed by atoms with Crippen molar-refractivity contribution in [2.75, 3.05) is 32.7 Å². The van der Waals surface area contributed by atoms with E-state index in [0.29, 0.717) is 13.1 Å². The smallest absolute Gasteiger partial charge is 0.262 e. The molecule has 0 N–H and O–H groups in total. The molecule has 110 valence electrons. The zero-order valence-corrected chi connectivity index (χ0v) is 12.5. The Bertz CT molecular complexity index is 616.